The van der Waals surface area contributed by atoms with Crippen LogP contribution in [0.2, 0.25) is 0 Å². The molecule has 0 aromatic heterocycles. The Balaban J connectivity index is 2.17. The number of ether oxygens (including phenoxy) is 2. The number of rotatable bonds is 4. The summed E-state index contributed by atoms with van der Waals surface area (Å²) in [6, 6.07) is 4.67. The van der Waals surface area contributed by atoms with E-state index in [4.69, 9.17) is 4.74 Å². The van der Waals surface area contributed by atoms with Crippen LogP contribution in [0, 0.1) is 11.3 Å². The van der Waals surface area contributed by atoms with Crippen molar-refractivity contribution < 1.29 is 41.0 Å². The number of alkyl halides is 5. The van der Waals surface area contributed by atoms with Gasteiger partial charge >= 0.3 is 24.0 Å². The molecule has 0 spiro atoms. The largest absolute Gasteiger partial charge is 0.465 e. The van der Waals surface area contributed by atoms with Crippen molar-refractivity contribution in [2.24, 2.45) is 11.3 Å². The highest BCUT2D eigenvalue weighted by Gasteiger charge is 2.65. The van der Waals surface area contributed by atoms with Gasteiger partial charge in [-0.15, -0.1) is 0 Å². The summed E-state index contributed by atoms with van der Waals surface area (Å²) in [7, 11) is 0. The number of esters is 2. The molecule has 0 aliphatic heterocycles. The third-order valence-electron chi connectivity index (χ3n) is 4.54. The first-order valence-electron chi connectivity index (χ1n) is 8.70. The topological polar surface area (TPSA) is 52.6 Å². The van der Waals surface area contributed by atoms with Crippen LogP contribution in [0.15, 0.2) is 24.3 Å². The average molecular weight is 408 g/mol. The summed E-state index contributed by atoms with van der Waals surface area (Å²) in [5.41, 5.74) is -0.464. The fourth-order valence-corrected chi connectivity index (χ4v) is 3.57. The van der Waals surface area contributed by atoms with E-state index < -0.39 is 41.5 Å². The van der Waals surface area contributed by atoms with Gasteiger partial charge in [-0.25, -0.2) is 9.59 Å². The van der Waals surface area contributed by atoms with Gasteiger partial charge in [-0.3, -0.25) is 0 Å². The van der Waals surface area contributed by atoms with Gasteiger partial charge in [-0.1, -0.05) is 32.9 Å². The Kier molecular flexibility index (Phi) is 6.06. The fraction of sp³-hybridized carbons (Fsp3) is 0.579. The SMILES string of the molecule is CC1CC(OC(=O)c2ccccc2OC(=O)C(F)(F)C(F)(F)F)CC(C)(C)C1. The summed E-state index contributed by atoms with van der Waals surface area (Å²) < 4.78 is 72.8. The number of para-hydroxylation sites is 1. The van der Waals surface area contributed by atoms with Crippen LogP contribution in [0.5, 0.6) is 5.75 Å². The van der Waals surface area contributed by atoms with E-state index in [1.165, 1.54) is 12.1 Å². The molecule has 0 heterocycles. The van der Waals surface area contributed by atoms with Crippen LogP contribution in [0.3, 0.4) is 0 Å². The molecule has 1 aliphatic rings. The molecule has 4 nitrogen and oxygen atoms in total. The smallest absolute Gasteiger partial charge is 0.459 e. The van der Waals surface area contributed by atoms with Crippen molar-refractivity contribution in [2.45, 2.75) is 58.2 Å². The van der Waals surface area contributed by atoms with E-state index in [2.05, 4.69) is 4.74 Å². The molecule has 1 aromatic rings. The number of carbonyl (C=O) groups is 2. The molecule has 9 heteroatoms. The minimum absolute atomic E-state index is 0.0661. The highest BCUT2D eigenvalue weighted by atomic mass is 19.4. The first-order chi connectivity index (χ1) is 12.7. The quantitative estimate of drug-likeness (QED) is 0.392. The van der Waals surface area contributed by atoms with Crippen LogP contribution >= 0.6 is 0 Å². The molecule has 0 radical (unpaired) electrons. The minimum atomic E-state index is -6.11. The van der Waals surface area contributed by atoms with Gasteiger partial charge in [0.2, 0.25) is 0 Å². The summed E-state index contributed by atoms with van der Waals surface area (Å²) >= 11 is 0. The number of carbonyl (C=O) groups excluding carboxylic acids is 2. The third kappa shape index (κ3) is 4.99. The molecular formula is C19H21F5O4. The van der Waals surface area contributed by atoms with Crippen LogP contribution in [-0.2, 0) is 9.53 Å². The molecule has 0 saturated heterocycles. The monoisotopic (exact) mass is 408 g/mol. The second kappa shape index (κ2) is 7.67. The molecule has 2 rings (SSSR count). The Hall–Kier alpha value is -2.19. The number of hydrogen-bond acceptors (Lipinski definition) is 4. The zero-order valence-electron chi connectivity index (χ0n) is 15.6. The Morgan fingerprint density at radius 3 is 2.25 bits per heavy atom. The zero-order valence-corrected chi connectivity index (χ0v) is 15.6. The molecule has 28 heavy (non-hydrogen) atoms. The van der Waals surface area contributed by atoms with E-state index in [1.54, 1.807) is 0 Å². The van der Waals surface area contributed by atoms with Gasteiger partial charge in [-0.2, -0.15) is 22.0 Å². The van der Waals surface area contributed by atoms with E-state index in [9.17, 15) is 31.5 Å². The van der Waals surface area contributed by atoms with Crippen LogP contribution < -0.4 is 4.74 Å². The molecule has 0 N–H and O–H groups in total. The molecule has 1 aromatic carbocycles. The molecule has 0 amide bonds. The van der Waals surface area contributed by atoms with Crippen LogP contribution in [-0.4, -0.2) is 30.1 Å². The summed E-state index contributed by atoms with van der Waals surface area (Å²) in [6.07, 6.45) is -4.42. The maximum Gasteiger partial charge on any atom is 0.465 e. The van der Waals surface area contributed by atoms with Crippen molar-refractivity contribution in [2.75, 3.05) is 0 Å². The maximum absolute atomic E-state index is 13.1. The Bertz CT molecular complexity index is 742. The first kappa shape index (κ1) is 22.1. The van der Waals surface area contributed by atoms with Gasteiger partial charge in [0.15, 0.2) is 0 Å². The van der Waals surface area contributed by atoms with Gasteiger partial charge in [0, 0.05) is 0 Å². The van der Waals surface area contributed by atoms with Crippen LogP contribution in [0.25, 0.3) is 0 Å². The molecular weight excluding hydrogens is 387 g/mol. The lowest BCUT2D eigenvalue weighted by molar-refractivity contribution is -0.276. The zero-order chi connectivity index (χ0) is 21.3. The standard InChI is InChI=1S/C19H21F5O4/c1-11-8-12(10-17(2,3)9-11)27-15(25)13-6-4-5-7-14(13)28-16(26)18(20,21)19(22,23)24/h4-7,11-12H,8-10H2,1-3H3. The Morgan fingerprint density at radius 1 is 1.07 bits per heavy atom. The van der Waals surface area contributed by atoms with Crippen molar-refractivity contribution in [3.63, 3.8) is 0 Å². The first-order valence-corrected chi connectivity index (χ1v) is 8.70. The van der Waals surface area contributed by atoms with E-state index >= 15 is 0 Å². The predicted octanol–water partition coefficient (Wildman–Crippen LogP) is 5.16. The Labute approximate surface area is 159 Å². The lowest BCUT2D eigenvalue weighted by Crippen LogP contribution is -2.46. The summed E-state index contributed by atoms with van der Waals surface area (Å²) in [6.45, 7) is 6.06. The van der Waals surface area contributed by atoms with Crippen molar-refractivity contribution in [1.29, 1.82) is 0 Å². The molecule has 2 atom stereocenters. The van der Waals surface area contributed by atoms with Gasteiger partial charge in [0.05, 0.1) is 0 Å². The highest BCUT2D eigenvalue weighted by Crippen LogP contribution is 2.40. The third-order valence-corrected chi connectivity index (χ3v) is 4.54. The lowest BCUT2D eigenvalue weighted by Gasteiger charge is -2.38. The lowest BCUT2D eigenvalue weighted by atomic mass is 9.71. The van der Waals surface area contributed by atoms with Gasteiger partial charge < -0.3 is 9.47 Å². The molecule has 2 unspecified atom stereocenters. The average Bonchev–Trinajstić information content (AvgIpc) is 2.52. The molecule has 1 aliphatic carbocycles. The number of benzene rings is 1. The van der Waals surface area contributed by atoms with Crippen molar-refractivity contribution in [3.05, 3.63) is 29.8 Å². The van der Waals surface area contributed by atoms with E-state index in [0.29, 0.717) is 18.8 Å². The van der Waals surface area contributed by atoms with Crippen LogP contribution in [0.1, 0.15) is 50.4 Å². The number of hydrogen-bond donors (Lipinski definition) is 0. The van der Waals surface area contributed by atoms with E-state index in [0.717, 1.165) is 18.6 Å². The van der Waals surface area contributed by atoms with Crippen molar-refractivity contribution >= 4 is 11.9 Å². The van der Waals surface area contributed by atoms with E-state index in [1.807, 2.05) is 20.8 Å². The summed E-state index contributed by atoms with van der Waals surface area (Å²) in [5.74, 6) is -9.89. The molecule has 1 fully saturated rings. The van der Waals surface area contributed by atoms with E-state index in [-0.39, 0.29) is 5.41 Å². The van der Waals surface area contributed by atoms with Crippen molar-refractivity contribution in [3.8, 4) is 5.75 Å². The van der Waals surface area contributed by atoms with Crippen molar-refractivity contribution in [1.82, 2.24) is 0 Å². The minimum Gasteiger partial charge on any atom is -0.459 e. The fourth-order valence-electron chi connectivity index (χ4n) is 3.57. The maximum atomic E-state index is 13.1. The second-order valence-corrected chi connectivity index (χ2v) is 7.90. The molecule has 156 valence electrons. The predicted molar refractivity (Wildman–Crippen MR) is 89.1 cm³/mol. The van der Waals surface area contributed by atoms with Gasteiger partial charge in [0.25, 0.3) is 0 Å². The van der Waals surface area contributed by atoms with Gasteiger partial charge in [-0.05, 0) is 42.7 Å². The highest BCUT2D eigenvalue weighted by molar-refractivity contribution is 5.94. The van der Waals surface area contributed by atoms with Gasteiger partial charge in [0.1, 0.15) is 17.4 Å². The Morgan fingerprint density at radius 2 is 1.68 bits per heavy atom. The normalized spacial score (nSPS) is 22.4. The molecule has 1 saturated carbocycles. The summed E-state index contributed by atoms with van der Waals surface area (Å²) in [4.78, 5) is 23.8. The summed E-state index contributed by atoms with van der Waals surface area (Å²) in [5, 5.41) is 0. The van der Waals surface area contributed by atoms with Crippen LogP contribution in [0.4, 0.5) is 22.0 Å². The number of halogens is 5. The second-order valence-electron chi connectivity index (χ2n) is 7.90. The molecule has 0 bridgehead atoms.